The van der Waals surface area contributed by atoms with Crippen LogP contribution >= 0.6 is 0 Å². The van der Waals surface area contributed by atoms with Crippen LogP contribution in [0.2, 0.25) is 0 Å². The minimum Gasteiger partial charge on any atom is -0.392 e. The van der Waals surface area contributed by atoms with E-state index in [0.717, 1.165) is 63.7 Å². The molecule has 4 aromatic carbocycles. The van der Waals surface area contributed by atoms with E-state index < -0.39 is 6.29 Å². The fourth-order valence-electron chi connectivity index (χ4n) is 6.40. The molecule has 260 valence electrons. The molecule has 2 amide bonds. The highest BCUT2D eigenvalue weighted by Gasteiger charge is 2.33. The van der Waals surface area contributed by atoms with Crippen molar-refractivity contribution in [2.75, 3.05) is 0 Å². The highest BCUT2D eigenvalue weighted by molar-refractivity contribution is 5.76. The third-order valence-corrected chi connectivity index (χ3v) is 9.13. The third kappa shape index (κ3) is 9.22. The molecular weight excluding hydrogens is 632 g/mol. The van der Waals surface area contributed by atoms with Gasteiger partial charge >= 0.3 is 0 Å². The van der Waals surface area contributed by atoms with E-state index in [1.165, 1.54) is 0 Å². The Kier molecular flexibility index (Phi) is 12.0. The topological polar surface area (TPSA) is 135 Å². The molecule has 2 heterocycles. The summed E-state index contributed by atoms with van der Waals surface area (Å²) < 4.78 is 15.4. The second-order valence-electron chi connectivity index (χ2n) is 12.8. The first-order valence-corrected chi connectivity index (χ1v) is 17.3. The molecule has 0 saturated carbocycles. The molecule has 0 radical (unpaired) electrons. The van der Waals surface area contributed by atoms with E-state index in [9.17, 15) is 14.7 Å². The van der Waals surface area contributed by atoms with Gasteiger partial charge in [-0.05, 0) is 64.9 Å². The summed E-state index contributed by atoms with van der Waals surface area (Å²) in [4.78, 5) is 28.2. The van der Waals surface area contributed by atoms with Gasteiger partial charge in [-0.1, -0.05) is 85.6 Å². The maximum Gasteiger partial charge on any atom is 0.243 e. The van der Waals surface area contributed by atoms with Gasteiger partial charge in [-0.25, -0.2) is 10.5 Å². The van der Waals surface area contributed by atoms with Crippen LogP contribution < -0.4 is 10.8 Å². The van der Waals surface area contributed by atoms with Gasteiger partial charge in [0.15, 0.2) is 6.29 Å². The van der Waals surface area contributed by atoms with E-state index in [1.54, 1.807) is 5.48 Å². The quantitative estimate of drug-likeness (QED) is 0.0538. The Labute approximate surface area is 292 Å². The lowest BCUT2D eigenvalue weighted by Crippen LogP contribution is -2.32. The molecule has 1 aliphatic rings. The number of hydrogen-bond acceptors (Lipinski definition) is 7. The Morgan fingerprint density at radius 1 is 0.780 bits per heavy atom. The van der Waals surface area contributed by atoms with E-state index in [-0.39, 0.29) is 37.0 Å². The minimum atomic E-state index is -0.597. The number of ether oxygens (including phenoxy) is 2. The molecule has 6 rings (SSSR count). The molecule has 4 N–H and O–H groups in total. The largest absolute Gasteiger partial charge is 0.392 e. The van der Waals surface area contributed by atoms with Crippen LogP contribution in [0.15, 0.2) is 103 Å². The molecule has 1 saturated heterocycles. The fraction of sp³-hybridized carbons (Fsp3) is 0.325. The molecular formula is C40H44N4O6. The molecule has 1 aliphatic heterocycles. The smallest absolute Gasteiger partial charge is 0.243 e. The van der Waals surface area contributed by atoms with Gasteiger partial charge in [-0.3, -0.25) is 14.8 Å². The molecule has 1 aromatic heterocycles. The van der Waals surface area contributed by atoms with Crippen molar-refractivity contribution in [2.24, 2.45) is 0 Å². The molecule has 0 bridgehead atoms. The number of fused-ring (bicyclic) bond motifs is 1. The van der Waals surface area contributed by atoms with E-state index in [2.05, 4.69) is 45.2 Å². The summed E-state index contributed by atoms with van der Waals surface area (Å²) in [6, 6.07) is 32.3. The van der Waals surface area contributed by atoms with Crippen LogP contribution in [0, 0.1) is 0 Å². The van der Waals surface area contributed by atoms with Crippen molar-refractivity contribution in [2.45, 2.75) is 83.1 Å². The SMILES string of the molecule is O=C(CCCCCCC(=O)NCc1cccc(-c2cccc(C3OC(Cn4cnc5ccccc54)CC(c4ccc(CO)cc4)O3)c2)c1)NO. The van der Waals surface area contributed by atoms with Crippen molar-refractivity contribution >= 4 is 22.8 Å². The van der Waals surface area contributed by atoms with Crippen LogP contribution in [-0.2, 0) is 38.8 Å². The summed E-state index contributed by atoms with van der Waals surface area (Å²) in [5.74, 6) is -0.386. The van der Waals surface area contributed by atoms with Crippen LogP contribution in [-0.4, -0.2) is 37.8 Å². The van der Waals surface area contributed by atoms with Gasteiger partial charge < -0.3 is 24.5 Å². The monoisotopic (exact) mass is 676 g/mol. The zero-order chi connectivity index (χ0) is 34.7. The molecule has 0 aliphatic carbocycles. The maximum absolute atomic E-state index is 12.5. The first kappa shape index (κ1) is 35.0. The number of rotatable bonds is 15. The first-order valence-electron chi connectivity index (χ1n) is 17.3. The maximum atomic E-state index is 12.5. The number of benzene rings is 4. The lowest BCUT2D eigenvalue weighted by Gasteiger charge is -2.36. The number of hydroxylamine groups is 1. The van der Waals surface area contributed by atoms with Crippen molar-refractivity contribution in [3.63, 3.8) is 0 Å². The van der Waals surface area contributed by atoms with Crippen LogP contribution in [0.5, 0.6) is 0 Å². The molecule has 3 unspecified atom stereocenters. The Morgan fingerprint density at radius 3 is 2.30 bits per heavy atom. The van der Waals surface area contributed by atoms with Gasteiger partial charge in [-0.2, -0.15) is 0 Å². The standard InChI is InChI=1S/C40H44N4O6/c45-26-28-17-19-30(20-18-28)37-23-34(25-44-27-42-35-13-5-6-14-36(35)44)49-40(50-37)33-12-8-11-32(22-33)31-10-7-9-29(21-31)24-41-38(46)15-3-1-2-4-16-39(47)43-48/h5-14,17-22,27,34,37,40,45,48H,1-4,15-16,23-26H2,(H,41,46)(H,43,47). The van der Waals surface area contributed by atoms with E-state index in [1.807, 2.05) is 73.1 Å². The Bertz CT molecular complexity index is 1870. The van der Waals surface area contributed by atoms with Gasteiger partial charge in [-0.15, -0.1) is 0 Å². The number of para-hydroxylation sites is 2. The number of unbranched alkanes of at least 4 members (excludes halogenated alkanes) is 3. The Hall–Kier alpha value is -4.87. The molecule has 1 fully saturated rings. The average Bonchev–Trinajstić information content (AvgIpc) is 3.57. The van der Waals surface area contributed by atoms with Gasteiger partial charge in [0.2, 0.25) is 11.8 Å². The number of aromatic nitrogens is 2. The van der Waals surface area contributed by atoms with Crippen molar-refractivity contribution in [3.05, 3.63) is 126 Å². The number of imidazole rings is 1. The van der Waals surface area contributed by atoms with E-state index in [0.29, 0.717) is 32.4 Å². The predicted molar refractivity (Wildman–Crippen MR) is 190 cm³/mol. The average molecular weight is 677 g/mol. The lowest BCUT2D eigenvalue weighted by atomic mass is 9.98. The van der Waals surface area contributed by atoms with Crippen molar-refractivity contribution in [1.82, 2.24) is 20.3 Å². The van der Waals surface area contributed by atoms with Gasteiger partial charge in [0, 0.05) is 31.4 Å². The van der Waals surface area contributed by atoms with E-state index >= 15 is 0 Å². The number of amides is 2. The number of carbonyl (C=O) groups is 2. The molecule has 10 nitrogen and oxygen atoms in total. The molecule has 10 heteroatoms. The molecule has 3 atom stereocenters. The number of nitrogens with one attached hydrogen (secondary N) is 2. The summed E-state index contributed by atoms with van der Waals surface area (Å²) in [6.45, 7) is 1.05. The number of aliphatic hydroxyl groups excluding tert-OH is 1. The van der Waals surface area contributed by atoms with Crippen molar-refractivity contribution in [3.8, 4) is 11.1 Å². The predicted octanol–water partition coefficient (Wildman–Crippen LogP) is 6.90. The first-order chi connectivity index (χ1) is 24.5. The second kappa shape index (κ2) is 17.2. The number of nitrogens with zero attached hydrogens (tertiary/aromatic N) is 2. The normalized spacial score (nSPS) is 17.4. The van der Waals surface area contributed by atoms with Crippen molar-refractivity contribution in [1.29, 1.82) is 0 Å². The van der Waals surface area contributed by atoms with Crippen molar-refractivity contribution < 1.29 is 29.4 Å². The van der Waals surface area contributed by atoms with E-state index in [4.69, 9.17) is 14.7 Å². The fourth-order valence-corrected chi connectivity index (χ4v) is 6.40. The molecule has 5 aromatic rings. The number of carbonyl (C=O) groups excluding carboxylic acids is 2. The molecule has 0 spiro atoms. The Morgan fingerprint density at radius 2 is 1.52 bits per heavy atom. The number of aliphatic hydroxyl groups is 1. The minimum absolute atomic E-state index is 0.00380. The summed E-state index contributed by atoms with van der Waals surface area (Å²) in [7, 11) is 0. The summed E-state index contributed by atoms with van der Waals surface area (Å²) >= 11 is 0. The highest BCUT2D eigenvalue weighted by atomic mass is 16.7. The van der Waals surface area contributed by atoms with Gasteiger partial charge in [0.1, 0.15) is 0 Å². The zero-order valence-electron chi connectivity index (χ0n) is 28.0. The summed E-state index contributed by atoms with van der Waals surface area (Å²) in [6.07, 6.45) is 5.42. The van der Waals surface area contributed by atoms with Crippen LogP contribution in [0.1, 0.15) is 79.6 Å². The third-order valence-electron chi connectivity index (χ3n) is 9.13. The van der Waals surface area contributed by atoms with Crippen LogP contribution in [0.25, 0.3) is 22.2 Å². The lowest BCUT2D eigenvalue weighted by molar-refractivity contribution is -0.252. The summed E-state index contributed by atoms with van der Waals surface area (Å²) in [5, 5.41) is 21.2. The van der Waals surface area contributed by atoms with Crippen LogP contribution in [0.4, 0.5) is 0 Å². The Balaban J connectivity index is 1.12. The molecule has 50 heavy (non-hydrogen) atoms. The summed E-state index contributed by atoms with van der Waals surface area (Å²) in [5.41, 5.74) is 9.49. The number of hydrogen-bond donors (Lipinski definition) is 4. The van der Waals surface area contributed by atoms with Gasteiger partial charge in [0.25, 0.3) is 0 Å². The van der Waals surface area contributed by atoms with Gasteiger partial charge in [0.05, 0.1) is 42.7 Å². The highest BCUT2D eigenvalue weighted by Crippen LogP contribution is 2.39. The zero-order valence-corrected chi connectivity index (χ0v) is 28.0. The second-order valence-corrected chi connectivity index (χ2v) is 12.8. The van der Waals surface area contributed by atoms with Crippen LogP contribution in [0.3, 0.4) is 0 Å².